The molecule has 1 aromatic heterocycles. The number of nitrogens with zero attached hydrogens (tertiary/aromatic N) is 2. The van der Waals surface area contributed by atoms with Crippen LogP contribution in [0.3, 0.4) is 0 Å². The normalized spacial score (nSPS) is 18.3. The number of aromatic nitrogens is 2. The Kier molecular flexibility index (Phi) is 7.84. The first-order valence-corrected chi connectivity index (χ1v) is 9.10. The van der Waals surface area contributed by atoms with E-state index in [1.807, 2.05) is 13.8 Å². The minimum Gasteiger partial charge on any atom is -0.469 e. The summed E-state index contributed by atoms with van der Waals surface area (Å²) in [7, 11) is 1.40. The van der Waals surface area contributed by atoms with Gasteiger partial charge in [-0.2, -0.15) is 4.98 Å². The van der Waals surface area contributed by atoms with Gasteiger partial charge in [0.2, 0.25) is 5.89 Å². The van der Waals surface area contributed by atoms with E-state index >= 15 is 0 Å². The molecule has 0 radical (unpaired) electrons. The summed E-state index contributed by atoms with van der Waals surface area (Å²) in [5.41, 5.74) is -0.273. The zero-order chi connectivity index (χ0) is 18.1. The van der Waals surface area contributed by atoms with E-state index in [9.17, 15) is 4.79 Å². The van der Waals surface area contributed by atoms with Gasteiger partial charge in [0, 0.05) is 26.1 Å². The first kappa shape index (κ1) is 19.8. The van der Waals surface area contributed by atoms with Crippen LogP contribution in [0.5, 0.6) is 0 Å². The lowest BCUT2D eigenvalue weighted by Crippen LogP contribution is -2.22. The maximum atomic E-state index is 11.4. The molecule has 1 aliphatic heterocycles. The number of aryl methyl sites for hydroxylation is 1. The van der Waals surface area contributed by atoms with Gasteiger partial charge in [0.25, 0.3) is 0 Å². The number of unbranched alkanes of at least 4 members (excludes halogenated alkanes) is 1. The molecule has 0 N–H and O–H groups in total. The van der Waals surface area contributed by atoms with E-state index in [0.29, 0.717) is 31.2 Å². The van der Waals surface area contributed by atoms with Crippen LogP contribution in [0.15, 0.2) is 4.52 Å². The Morgan fingerprint density at radius 2 is 2.16 bits per heavy atom. The third-order valence-electron chi connectivity index (χ3n) is 4.23. The van der Waals surface area contributed by atoms with Gasteiger partial charge in [0.15, 0.2) is 12.1 Å². The van der Waals surface area contributed by atoms with Crippen molar-refractivity contribution >= 4 is 5.97 Å². The van der Waals surface area contributed by atoms with Crippen LogP contribution >= 0.6 is 0 Å². The number of carbonyl (C=O) groups is 1. The predicted octanol–water partition coefficient (Wildman–Crippen LogP) is 3.07. The molecular formula is C18H30N2O5. The molecule has 0 amide bonds. The van der Waals surface area contributed by atoms with Crippen molar-refractivity contribution < 1.29 is 23.5 Å². The maximum absolute atomic E-state index is 11.4. The summed E-state index contributed by atoms with van der Waals surface area (Å²) in [5, 5.41) is 4.02. The van der Waals surface area contributed by atoms with Gasteiger partial charge in [0.05, 0.1) is 13.5 Å². The van der Waals surface area contributed by atoms with Crippen LogP contribution in [0.4, 0.5) is 0 Å². The number of ether oxygens (including phenoxy) is 3. The summed E-state index contributed by atoms with van der Waals surface area (Å²) in [5.74, 6) is 1.04. The van der Waals surface area contributed by atoms with Gasteiger partial charge in [-0.25, -0.2) is 0 Å². The number of carbonyl (C=O) groups excluding carboxylic acids is 1. The van der Waals surface area contributed by atoms with Crippen molar-refractivity contribution in [2.75, 3.05) is 20.3 Å². The van der Waals surface area contributed by atoms with E-state index < -0.39 is 0 Å². The van der Waals surface area contributed by atoms with Crippen LogP contribution in [0, 0.1) is 5.41 Å². The van der Waals surface area contributed by atoms with Crippen LogP contribution in [-0.2, 0) is 31.8 Å². The zero-order valence-electron chi connectivity index (χ0n) is 15.6. The Labute approximate surface area is 149 Å². The minimum absolute atomic E-state index is 0.0254. The lowest BCUT2D eigenvalue weighted by Gasteiger charge is -2.22. The van der Waals surface area contributed by atoms with Crippen LogP contribution in [0.2, 0.25) is 0 Å². The molecule has 0 bridgehead atoms. The molecule has 1 unspecified atom stereocenters. The highest BCUT2D eigenvalue weighted by atomic mass is 16.7. The van der Waals surface area contributed by atoms with Gasteiger partial charge >= 0.3 is 5.97 Å². The average molecular weight is 354 g/mol. The number of esters is 1. The molecule has 142 valence electrons. The largest absolute Gasteiger partial charge is 0.469 e. The molecule has 0 aliphatic carbocycles. The standard InChI is InChI=1S/C18H30N2O5/c1-18(2,13-16(21)22-3)12-15-19-14(20-25-15)8-4-6-10-23-17-9-5-7-11-24-17/h17H,4-13H2,1-3H3. The van der Waals surface area contributed by atoms with Crippen molar-refractivity contribution in [3.63, 3.8) is 0 Å². The molecule has 0 aromatic carbocycles. The molecule has 1 fully saturated rings. The van der Waals surface area contributed by atoms with Crippen molar-refractivity contribution in [3.05, 3.63) is 11.7 Å². The Balaban J connectivity index is 1.64. The summed E-state index contributed by atoms with van der Waals surface area (Å²) in [6.07, 6.45) is 6.81. The van der Waals surface area contributed by atoms with Crippen molar-refractivity contribution in [2.24, 2.45) is 5.41 Å². The quantitative estimate of drug-likeness (QED) is 0.471. The number of hydrogen-bond acceptors (Lipinski definition) is 7. The third kappa shape index (κ3) is 7.52. The highest BCUT2D eigenvalue weighted by molar-refractivity contribution is 5.69. The Bertz CT molecular complexity index is 523. The van der Waals surface area contributed by atoms with Gasteiger partial charge in [-0.05, 0) is 37.5 Å². The summed E-state index contributed by atoms with van der Waals surface area (Å²) >= 11 is 0. The molecule has 2 rings (SSSR count). The van der Waals surface area contributed by atoms with E-state index in [1.165, 1.54) is 13.5 Å². The van der Waals surface area contributed by atoms with Gasteiger partial charge in [-0.15, -0.1) is 0 Å². The summed E-state index contributed by atoms with van der Waals surface area (Å²) in [4.78, 5) is 15.9. The smallest absolute Gasteiger partial charge is 0.306 e. The maximum Gasteiger partial charge on any atom is 0.306 e. The molecule has 1 aromatic rings. The first-order chi connectivity index (χ1) is 12.0. The van der Waals surface area contributed by atoms with Crippen molar-refractivity contribution in [3.8, 4) is 0 Å². The molecule has 7 heteroatoms. The van der Waals surface area contributed by atoms with E-state index in [4.69, 9.17) is 18.7 Å². The molecule has 7 nitrogen and oxygen atoms in total. The fourth-order valence-corrected chi connectivity index (χ4v) is 2.84. The second-order valence-corrected chi connectivity index (χ2v) is 7.32. The number of hydrogen-bond donors (Lipinski definition) is 0. The fraction of sp³-hybridized carbons (Fsp3) is 0.833. The molecule has 1 atom stereocenters. The number of methoxy groups -OCH3 is 1. The zero-order valence-corrected chi connectivity index (χ0v) is 15.6. The molecule has 2 heterocycles. The third-order valence-corrected chi connectivity index (χ3v) is 4.23. The van der Waals surface area contributed by atoms with Gasteiger partial charge in [0.1, 0.15) is 0 Å². The van der Waals surface area contributed by atoms with Crippen LogP contribution in [-0.4, -0.2) is 42.7 Å². The monoisotopic (exact) mass is 354 g/mol. The molecule has 0 spiro atoms. The molecule has 25 heavy (non-hydrogen) atoms. The highest BCUT2D eigenvalue weighted by Crippen LogP contribution is 2.25. The molecule has 1 saturated heterocycles. The predicted molar refractivity (Wildman–Crippen MR) is 90.9 cm³/mol. The van der Waals surface area contributed by atoms with E-state index in [-0.39, 0.29) is 17.7 Å². The summed E-state index contributed by atoms with van der Waals surface area (Å²) < 4.78 is 21.3. The van der Waals surface area contributed by atoms with Crippen molar-refractivity contribution in [2.45, 2.75) is 71.5 Å². The lowest BCUT2D eigenvalue weighted by atomic mass is 9.86. The van der Waals surface area contributed by atoms with E-state index in [0.717, 1.165) is 38.7 Å². The topological polar surface area (TPSA) is 83.7 Å². The Morgan fingerprint density at radius 3 is 2.88 bits per heavy atom. The summed E-state index contributed by atoms with van der Waals surface area (Å²) in [6, 6.07) is 0. The summed E-state index contributed by atoms with van der Waals surface area (Å²) in [6.45, 7) is 5.47. The van der Waals surface area contributed by atoms with Crippen LogP contribution < -0.4 is 0 Å². The first-order valence-electron chi connectivity index (χ1n) is 9.10. The minimum atomic E-state index is -0.273. The SMILES string of the molecule is COC(=O)CC(C)(C)Cc1nc(CCCCOC2CCCCO2)no1. The highest BCUT2D eigenvalue weighted by Gasteiger charge is 2.26. The van der Waals surface area contributed by atoms with Crippen molar-refractivity contribution in [1.82, 2.24) is 10.1 Å². The van der Waals surface area contributed by atoms with Crippen molar-refractivity contribution in [1.29, 1.82) is 0 Å². The average Bonchev–Trinajstić information content (AvgIpc) is 3.01. The lowest BCUT2D eigenvalue weighted by molar-refractivity contribution is -0.162. The van der Waals surface area contributed by atoms with E-state index in [2.05, 4.69) is 10.1 Å². The second kappa shape index (κ2) is 9.87. The number of rotatable bonds is 10. The molecule has 0 saturated carbocycles. The van der Waals surface area contributed by atoms with E-state index in [1.54, 1.807) is 0 Å². The molecular weight excluding hydrogens is 324 g/mol. The van der Waals surface area contributed by atoms with Gasteiger partial charge in [-0.3, -0.25) is 4.79 Å². The van der Waals surface area contributed by atoms with Gasteiger partial charge in [-0.1, -0.05) is 19.0 Å². The van der Waals surface area contributed by atoms with Gasteiger partial charge < -0.3 is 18.7 Å². The van der Waals surface area contributed by atoms with Crippen LogP contribution in [0.1, 0.15) is 64.1 Å². The Hall–Kier alpha value is -1.47. The Morgan fingerprint density at radius 1 is 1.32 bits per heavy atom. The molecule has 1 aliphatic rings. The van der Waals surface area contributed by atoms with Crippen LogP contribution in [0.25, 0.3) is 0 Å². The second-order valence-electron chi connectivity index (χ2n) is 7.32. The fourth-order valence-electron chi connectivity index (χ4n) is 2.84.